The Morgan fingerprint density at radius 3 is 2.29 bits per heavy atom. The van der Waals surface area contributed by atoms with E-state index in [1.807, 2.05) is 0 Å². The predicted octanol–water partition coefficient (Wildman–Crippen LogP) is -0.119. The third-order valence-corrected chi connectivity index (χ3v) is 2.81. The van der Waals surface area contributed by atoms with E-state index in [0.29, 0.717) is 0 Å². The van der Waals surface area contributed by atoms with E-state index in [-0.39, 0.29) is 12.8 Å². The molecule has 0 aromatic carbocycles. The molecule has 0 spiro atoms. The van der Waals surface area contributed by atoms with Crippen molar-refractivity contribution < 1.29 is 24.5 Å². The first-order valence-electron chi connectivity index (χ1n) is 5.49. The summed E-state index contributed by atoms with van der Waals surface area (Å²) in [6.45, 7) is 5.05. The van der Waals surface area contributed by atoms with Crippen LogP contribution in [0.5, 0.6) is 0 Å². The summed E-state index contributed by atoms with van der Waals surface area (Å²) in [6.07, 6.45) is -1.30. The first kappa shape index (κ1) is 13.9. The van der Waals surface area contributed by atoms with Crippen molar-refractivity contribution in [1.29, 1.82) is 0 Å². The highest BCUT2D eigenvalue weighted by Gasteiger charge is 2.53. The third-order valence-electron chi connectivity index (χ3n) is 2.81. The van der Waals surface area contributed by atoms with Crippen LogP contribution in [0.4, 0.5) is 0 Å². The van der Waals surface area contributed by atoms with Gasteiger partial charge in [-0.1, -0.05) is 0 Å². The summed E-state index contributed by atoms with van der Waals surface area (Å²) in [7, 11) is 0. The molecular formula is C11H19NO5. The van der Waals surface area contributed by atoms with Crippen molar-refractivity contribution in [3.63, 3.8) is 0 Å². The summed E-state index contributed by atoms with van der Waals surface area (Å²) in [4.78, 5) is 22.7. The van der Waals surface area contributed by atoms with E-state index in [2.05, 4.69) is 0 Å². The number of esters is 1. The van der Waals surface area contributed by atoms with Gasteiger partial charge in [0.15, 0.2) is 0 Å². The molecule has 1 aliphatic rings. The van der Waals surface area contributed by atoms with E-state index >= 15 is 0 Å². The molecule has 98 valence electrons. The Bertz CT molecular complexity index is 335. The number of aliphatic hydroxyl groups is 1. The van der Waals surface area contributed by atoms with Gasteiger partial charge in [-0.2, -0.15) is 0 Å². The second kappa shape index (κ2) is 4.27. The number of hydrogen-bond donors (Lipinski definition) is 3. The molecule has 0 heterocycles. The number of carbonyl (C=O) groups excluding carboxylic acids is 1. The topological polar surface area (TPSA) is 110 Å². The van der Waals surface area contributed by atoms with E-state index < -0.39 is 35.1 Å². The van der Waals surface area contributed by atoms with Gasteiger partial charge in [0.2, 0.25) is 0 Å². The molecule has 1 fully saturated rings. The van der Waals surface area contributed by atoms with Crippen molar-refractivity contribution in [3.8, 4) is 0 Å². The average molecular weight is 245 g/mol. The van der Waals surface area contributed by atoms with Crippen LogP contribution in [0, 0.1) is 5.92 Å². The number of carboxylic acids is 1. The van der Waals surface area contributed by atoms with Crippen LogP contribution in [-0.2, 0) is 14.3 Å². The maximum Gasteiger partial charge on any atom is 0.329 e. The minimum Gasteiger partial charge on any atom is -0.481 e. The van der Waals surface area contributed by atoms with Crippen LogP contribution in [-0.4, -0.2) is 39.4 Å². The predicted molar refractivity (Wildman–Crippen MR) is 59.1 cm³/mol. The van der Waals surface area contributed by atoms with Crippen LogP contribution in [0.25, 0.3) is 0 Å². The fourth-order valence-corrected chi connectivity index (χ4v) is 1.89. The Kier molecular flexibility index (Phi) is 3.50. The molecule has 17 heavy (non-hydrogen) atoms. The quantitative estimate of drug-likeness (QED) is 0.585. The first-order chi connectivity index (χ1) is 7.56. The number of aliphatic carboxylic acids is 1. The van der Waals surface area contributed by atoms with Crippen LogP contribution in [0.15, 0.2) is 0 Å². The van der Waals surface area contributed by atoms with Crippen molar-refractivity contribution >= 4 is 11.9 Å². The van der Waals surface area contributed by atoms with Crippen LogP contribution in [0.1, 0.15) is 33.6 Å². The highest BCUT2D eigenvalue weighted by atomic mass is 16.6. The summed E-state index contributed by atoms with van der Waals surface area (Å²) >= 11 is 0. The molecule has 0 amide bonds. The molecule has 1 saturated carbocycles. The van der Waals surface area contributed by atoms with Gasteiger partial charge in [-0.05, 0) is 33.6 Å². The second-order valence-electron chi connectivity index (χ2n) is 5.53. The number of rotatable bonds is 2. The van der Waals surface area contributed by atoms with Crippen molar-refractivity contribution in [3.05, 3.63) is 0 Å². The molecule has 6 heteroatoms. The summed E-state index contributed by atoms with van der Waals surface area (Å²) < 4.78 is 5.11. The zero-order valence-electron chi connectivity index (χ0n) is 10.3. The summed E-state index contributed by atoms with van der Waals surface area (Å²) in [5.41, 5.74) is 3.46. The highest BCUT2D eigenvalue weighted by molar-refractivity contribution is 5.84. The Morgan fingerprint density at radius 2 is 1.94 bits per heavy atom. The monoisotopic (exact) mass is 245 g/mol. The molecule has 1 aliphatic carbocycles. The molecule has 0 aromatic heterocycles. The maximum absolute atomic E-state index is 11.9. The number of carbonyl (C=O) groups is 2. The normalized spacial score (nSPS) is 33.5. The maximum atomic E-state index is 11.9. The van der Waals surface area contributed by atoms with Gasteiger partial charge in [0.1, 0.15) is 11.1 Å². The van der Waals surface area contributed by atoms with Crippen LogP contribution >= 0.6 is 0 Å². The molecule has 6 nitrogen and oxygen atoms in total. The van der Waals surface area contributed by atoms with Gasteiger partial charge in [0.05, 0.1) is 12.0 Å². The molecule has 0 bridgehead atoms. The van der Waals surface area contributed by atoms with Gasteiger partial charge in [-0.25, -0.2) is 4.79 Å². The molecule has 3 atom stereocenters. The van der Waals surface area contributed by atoms with Crippen LogP contribution < -0.4 is 5.73 Å². The van der Waals surface area contributed by atoms with E-state index in [1.165, 1.54) is 0 Å². The van der Waals surface area contributed by atoms with Gasteiger partial charge in [0.25, 0.3) is 0 Å². The minimum absolute atomic E-state index is 0.0227. The van der Waals surface area contributed by atoms with Crippen LogP contribution in [0.3, 0.4) is 0 Å². The first-order valence-corrected chi connectivity index (χ1v) is 5.49. The number of hydrogen-bond acceptors (Lipinski definition) is 5. The third kappa shape index (κ3) is 2.95. The Labute approximate surface area is 99.7 Å². The fourth-order valence-electron chi connectivity index (χ4n) is 1.89. The second-order valence-corrected chi connectivity index (χ2v) is 5.53. The average Bonchev–Trinajstić information content (AvgIpc) is 2.42. The van der Waals surface area contributed by atoms with Gasteiger partial charge < -0.3 is 20.7 Å². The van der Waals surface area contributed by atoms with E-state index in [0.717, 1.165) is 0 Å². The molecule has 0 aliphatic heterocycles. The van der Waals surface area contributed by atoms with Crippen molar-refractivity contribution in [2.45, 2.75) is 50.9 Å². The van der Waals surface area contributed by atoms with E-state index in [9.17, 15) is 14.7 Å². The molecule has 4 N–H and O–H groups in total. The fraction of sp³-hybridized carbons (Fsp3) is 0.818. The lowest BCUT2D eigenvalue weighted by atomic mass is 9.95. The zero-order chi connectivity index (χ0) is 13.4. The van der Waals surface area contributed by atoms with Gasteiger partial charge >= 0.3 is 11.9 Å². The van der Waals surface area contributed by atoms with Gasteiger partial charge in [0, 0.05) is 0 Å². The molecule has 0 aromatic rings. The van der Waals surface area contributed by atoms with Crippen molar-refractivity contribution in [1.82, 2.24) is 0 Å². The Balaban J connectivity index is 2.81. The molecule has 0 radical (unpaired) electrons. The van der Waals surface area contributed by atoms with Crippen LogP contribution in [0.2, 0.25) is 0 Å². The molecular weight excluding hydrogens is 226 g/mol. The molecule has 0 saturated heterocycles. The lowest BCUT2D eigenvalue weighted by molar-refractivity contribution is -0.165. The number of aliphatic hydroxyl groups excluding tert-OH is 1. The minimum atomic E-state index is -1.61. The highest BCUT2D eigenvalue weighted by Crippen LogP contribution is 2.35. The number of carboxylic acid groups (broad SMARTS) is 1. The standard InChI is InChI=1S/C11H19NO5/c1-10(2,3)17-9(16)11(12)5-6(8(14)15)4-7(11)13/h6-7,13H,4-5,12H2,1-3H3,(H,14,15). The Hall–Kier alpha value is -1.14. The largest absolute Gasteiger partial charge is 0.481 e. The summed E-state index contributed by atoms with van der Waals surface area (Å²) in [5, 5.41) is 18.6. The van der Waals surface area contributed by atoms with E-state index in [4.69, 9.17) is 15.6 Å². The van der Waals surface area contributed by atoms with Gasteiger partial charge in [-0.3, -0.25) is 4.79 Å². The number of nitrogens with two attached hydrogens (primary N) is 1. The van der Waals surface area contributed by atoms with Crippen molar-refractivity contribution in [2.24, 2.45) is 11.7 Å². The molecule has 1 rings (SSSR count). The SMILES string of the molecule is CC(C)(C)OC(=O)C1(N)CC(C(=O)O)CC1O. The summed E-state index contributed by atoms with van der Waals surface area (Å²) in [6, 6.07) is 0. The molecule has 3 unspecified atom stereocenters. The lowest BCUT2D eigenvalue weighted by Gasteiger charge is -2.30. The lowest BCUT2D eigenvalue weighted by Crippen LogP contribution is -2.56. The summed E-state index contributed by atoms with van der Waals surface area (Å²) in [5.74, 6) is -2.61. The van der Waals surface area contributed by atoms with E-state index in [1.54, 1.807) is 20.8 Å². The smallest absolute Gasteiger partial charge is 0.329 e. The van der Waals surface area contributed by atoms with Gasteiger partial charge in [-0.15, -0.1) is 0 Å². The number of ether oxygens (including phenoxy) is 1. The zero-order valence-corrected chi connectivity index (χ0v) is 10.3. The van der Waals surface area contributed by atoms with Crippen molar-refractivity contribution in [2.75, 3.05) is 0 Å². The Morgan fingerprint density at radius 1 is 1.41 bits per heavy atom.